The molecule has 0 spiro atoms. The fraction of sp³-hybridized carbons (Fsp3) is 0.692. The topological polar surface area (TPSA) is 92.8 Å². The van der Waals surface area contributed by atoms with Gasteiger partial charge in [-0.1, -0.05) is 13.8 Å². The van der Waals surface area contributed by atoms with E-state index >= 15 is 0 Å². The zero-order chi connectivity index (χ0) is 15.3. The molecule has 1 unspecified atom stereocenters. The van der Waals surface area contributed by atoms with Crippen LogP contribution in [-0.2, 0) is 19.1 Å². The Morgan fingerprint density at radius 1 is 1.35 bits per heavy atom. The van der Waals surface area contributed by atoms with Crippen molar-refractivity contribution in [2.75, 3.05) is 13.2 Å². The number of carbonyl (C=O) groups excluding carboxylic acids is 4. The molecule has 1 rings (SSSR count). The van der Waals surface area contributed by atoms with Crippen LogP contribution in [0.25, 0.3) is 0 Å². The van der Waals surface area contributed by atoms with Gasteiger partial charge in [0.15, 0.2) is 0 Å². The molecular weight excluding hydrogens is 264 g/mol. The molecule has 1 N–H and O–H groups in total. The summed E-state index contributed by atoms with van der Waals surface area (Å²) in [6, 6.07) is -0.722. The van der Waals surface area contributed by atoms with Gasteiger partial charge in [0.25, 0.3) is 0 Å². The fourth-order valence-electron chi connectivity index (χ4n) is 2.05. The van der Waals surface area contributed by atoms with Crippen LogP contribution in [0.3, 0.4) is 0 Å². The van der Waals surface area contributed by atoms with Gasteiger partial charge in [-0.15, -0.1) is 0 Å². The van der Waals surface area contributed by atoms with E-state index in [4.69, 9.17) is 4.74 Å². The average molecular weight is 284 g/mol. The Morgan fingerprint density at radius 2 is 2.00 bits per heavy atom. The standard InChI is InChI=1S/C13H20N2O5/c1-4-20-9(16)6-5-7-15-12(18)10(8(2)3)11(17)14-13(15)19/h8,10H,4-7H2,1-3H3,(H,14,17,19). The van der Waals surface area contributed by atoms with E-state index in [0.717, 1.165) is 4.90 Å². The van der Waals surface area contributed by atoms with Crippen molar-refractivity contribution in [1.82, 2.24) is 10.2 Å². The first-order valence-corrected chi connectivity index (χ1v) is 6.70. The van der Waals surface area contributed by atoms with Crippen molar-refractivity contribution in [3.05, 3.63) is 0 Å². The Morgan fingerprint density at radius 3 is 2.55 bits per heavy atom. The summed E-state index contributed by atoms with van der Waals surface area (Å²) < 4.78 is 4.76. The van der Waals surface area contributed by atoms with Crippen molar-refractivity contribution < 1.29 is 23.9 Å². The summed E-state index contributed by atoms with van der Waals surface area (Å²) >= 11 is 0. The van der Waals surface area contributed by atoms with Crippen molar-refractivity contribution in [3.63, 3.8) is 0 Å². The van der Waals surface area contributed by atoms with E-state index in [1.54, 1.807) is 20.8 Å². The molecule has 1 atom stereocenters. The number of amides is 4. The third-order valence-electron chi connectivity index (χ3n) is 3.02. The first-order chi connectivity index (χ1) is 9.38. The van der Waals surface area contributed by atoms with Gasteiger partial charge in [0.2, 0.25) is 11.8 Å². The van der Waals surface area contributed by atoms with E-state index in [9.17, 15) is 19.2 Å². The number of esters is 1. The van der Waals surface area contributed by atoms with Crippen LogP contribution in [0.15, 0.2) is 0 Å². The lowest BCUT2D eigenvalue weighted by Crippen LogP contribution is -2.59. The van der Waals surface area contributed by atoms with E-state index in [2.05, 4.69) is 5.32 Å². The first-order valence-electron chi connectivity index (χ1n) is 6.70. The number of nitrogens with one attached hydrogen (secondary N) is 1. The van der Waals surface area contributed by atoms with Gasteiger partial charge in [-0.3, -0.25) is 24.6 Å². The Balaban J connectivity index is 2.59. The number of carbonyl (C=O) groups is 4. The van der Waals surface area contributed by atoms with Gasteiger partial charge in [-0.2, -0.15) is 0 Å². The highest BCUT2D eigenvalue weighted by molar-refractivity contribution is 6.16. The second kappa shape index (κ2) is 7.02. The Labute approximate surface area is 117 Å². The second-order valence-electron chi connectivity index (χ2n) is 4.91. The number of ether oxygens (including phenoxy) is 1. The molecule has 0 saturated carbocycles. The lowest BCUT2D eigenvalue weighted by Gasteiger charge is -2.31. The molecule has 0 radical (unpaired) electrons. The number of hydrogen-bond acceptors (Lipinski definition) is 5. The van der Waals surface area contributed by atoms with Crippen molar-refractivity contribution in [1.29, 1.82) is 0 Å². The highest BCUT2D eigenvalue weighted by Crippen LogP contribution is 2.19. The summed E-state index contributed by atoms with van der Waals surface area (Å²) in [5, 5.41) is 2.17. The minimum Gasteiger partial charge on any atom is -0.466 e. The van der Waals surface area contributed by atoms with E-state index in [-0.39, 0.29) is 24.9 Å². The number of urea groups is 1. The number of nitrogens with zero attached hydrogens (tertiary/aromatic N) is 1. The summed E-state index contributed by atoms with van der Waals surface area (Å²) in [5.74, 6) is -2.47. The maximum atomic E-state index is 12.1. The first kappa shape index (κ1) is 16.1. The normalized spacial score (nSPS) is 19.3. The molecular formula is C13H20N2O5. The molecule has 0 aromatic rings. The van der Waals surface area contributed by atoms with Gasteiger partial charge < -0.3 is 4.74 Å². The predicted molar refractivity (Wildman–Crippen MR) is 69.4 cm³/mol. The zero-order valence-electron chi connectivity index (χ0n) is 12.0. The van der Waals surface area contributed by atoms with E-state index in [1.807, 2.05) is 0 Å². The molecule has 1 saturated heterocycles. The molecule has 1 aliphatic heterocycles. The number of rotatable bonds is 6. The molecule has 1 aliphatic rings. The molecule has 4 amide bonds. The molecule has 1 heterocycles. The summed E-state index contributed by atoms with van der Waals surface area (Å²) in [6.07, 6.45) is 0.447. The van der Waals surface area contributed by atoms with Crippen molar-refractivity contribution in [2.24, 2.45) is 11.8 Å². The molecule has 112 valence electrons. The second-order valence-corrected chi connectivity index (χ2v) is 4.91. The SMILES string of the molecule is CCOC(=O)CCCN1C(=O)NC(=O)C(C(C)C)C1=O. The van der Waals surface area contributed by atoms with E-state index in [1.165, 1.54) is 0 Å². The van der Waals surface area contributed by atoms with Crippen LogP contribution in [0.1, 0.15) is 33.6 Å². The van der Waals surface area contributed by atoms with Gasteiger partial charge in [-0.05, 0) is 19.3 Å². The summed E-state index contributed by atoms with van der Waals surface area (Å²) in [6.45, 7) is 5.59. The molecule has 1 fully saturated rings. The summed E-state index contributed by atoms with van der Waals surface area (Å²) in [4.78, 5) is 47.6. The quantitative estimate of drug-likeness (QED) is 0.572. The van der Waals surface area contributed by atoms with Gasteiger partial charge in [0.05, 0.1) is 6.61 Å². The highest BCUT2D eigenvalue weighted by Gasteiger charge is 2.41. The van der Waals surface area contributed by atoms with E-state index < -0.39 is 23.8 Å². The predicted octanol–water partition coefficient (Wildman–Crippen LogP) is 0.680. The van der Waals surface area contributed by atoms with Crippen LogP contribution in [0, 0.1) is 11.8 Å². The minimum absolute atomic E-state index is 0.0972. The van der Waals surface area contributed by atoms with Crippen LogP contribution >= 0.6 is 0 Å². The molecule has 0 aromatic heterocycles. The molecule has 7 heteroatoms. The van der Waals surface area contributed by atoms with Crippen LogP contribution in [0.5, 0.6) is 0 Å². The summed E-state index contributed by atoms with van der Waals surface area (Å²) in [7, 11) is 0. The highest BCUT2D eigenvalue weighted by atomic mass is 16.5. The Kier molecular flexibility index (Phi) is 5.66. The molecule has 0 bridgehead atoms. The number of hydrogen-bond donors (Lipinski definition) is 1. The monoisotopic (exact) mass is 284 g/mol. The van der Waals surface area contributed by atoms with Gasteiger partial charge in [0, 0.05) is 13.0 Å². The Bertz CT molecular complexity index is 419. The van der Waals surface area contributed by atoms with Crippen molar-refractivity contribution in [3.8, 4) is 0 Å². The fourth-order valence-corrected chi connectivity index (χ4v) is 2.05. The van der Waals surface area contributed by atoms with Crippen LogP contribution < -0.4 is 5.32 Å². The van der Waals surface area contributed by atoms with Gasteiger partial charge >= 0.3 is 12.0 Å². The Hall–Kier alpha value is -1.92. The lowest BCUT2D eigenvalue weighted by atomic mass is 9.92. The molecule has 7 nitrogen and oxygen atoms in total. The summed E-state index contributed by atoms with van der Waals surface area (Å²) in [5.41, 5.74) is 0. The molecule has 0 aromatic carbocycles. The van der Waals surface area contributed by atoms with Crippen LogP contribution in [-0.4, -0.2) is 41.9 Å². The van der Waals surface area contributed by atoms with Crippen LogP contribution in [0.2, 0.25) is 0 Å². The zero-order valence-corrected chi connectivity index (χ0v) is 12.0. The van der Waals surface area contributed by atoms with Crippen molar-refractivity contribution >= 4 is 23.8 Å². The molecule has 0 aliphatic carbocycles. The maximum absolute atomic E-state index is 12.1. The lowest BCUT2D eigenvalue weighted by molar-refractivity contribution is -0.146. The van der Waals surface area contributed by atoms with Crippen molar-refractivity contribution in [2.45, 2.75) is 33.6 Å². The molecule has 20 heavy (non-hydrogen) atoms. The minimum atomic E-state index is -0.852. The van der Waals surface area contributed by atoms with Gasteiger partial charge in [0.1, 0.15) is 5.92 Å². The number of imide groups is 2. The maximum Gasteiger partial charge on any atom is 0.330 e. The van der Waals surface area contributed by atoms with Crippen LogP contribution in [0.4, 0.5) is 4.79 Å². The largest absolute Gasteiger partial charge is 0.466 e. The average Bonchev–Trinajstić information content (AvgIpc) is 2.32. The van der Waals surface area contributed by atoms with E-state index in [0.29, 0.717) is 13.0 Å². The van der Waals surface area contributed by atoms with Gasteiger partial charge in [-0.25, -0.2) is 4.79 Å². The third kappa shape index (κ3) is 3.79. The third-order valence-corrected chi connectivity index (χ3v) is 3.02. The number of barbiturate groups is 1. The smallest absolute Gasteiger partial charge is 0.330 e.